The number of carboxylic acid groups (broad SMARTS) is 1. The molecule has 2 aliphatic heterocycles. The van der Waals surface area contributed by atoms with Crippen molar-refractivity contribution in [3.63, 3.8) is 0 Å². The van der Waals surface area contributed by atoms with Gasteiger partial charge in [-0.2, -0.15) is 0 Å². The number of carbonyl (C=O) groups is 3. The largest absolute Gasteiger partial charge is 0.480 e. The van der Waals surface area contributed by atoms with E-state index in [9.17, 15) is 19.5 Å². The van der Waals surface area contributed by atoms with Crippen LogP contribution in [0.4, 0.5) is 0 Å². The van der Waals surface area contributed by atoms with Gasteiger partial charge in [-0.3, -0.25) is 9.59 Å². The summed E-state index contributed by atoms with van der Waals surface area (Å²) >= 11 is 0. The summed E-state index contributed by atoms with van der Waals surface area (Å²) in [6.45, 7) is 3.22. The molecule has 0 aromatic carbocycles. The summed E-state index contributed by atoms with van der Waals surface area (Å²) in [5.41, 5.74) is 0. The van der Waals surface area contributed by atoms with Crippen LogP contribution in [0.2, 0.25) is 0 Å². The lowest BCUT2D eigenvalue weighted by molar-refractivity contribution is -0.153. The summed E-state index contributed by atoms with van der Waals surface area (Å²) in [5.74, 6) is -0.637. The number of rotatable bonds is 3. The molecule has 0 aromatic heterocycles. The van der Waals surface area contributed by atoms with Crippen LogP contribution in [0.5, 0.6) is 0 Å². The summed E-state index contributed by atoms with van der Waals surface area (Å²) in [7, 11) is 0. The van der Waals surface area contributed by atoms with Crippen molar-refractivity contribution in [2.45, 2.75) is 70.4 Å². The first-order valence-corrected chi connectivity index (χ1v) is 9.30. The molecule has 2 saturated heterocycles. The van der Waals surface area contributed by atoms with Crippen molar-refractivity contribution in [1.82, 2.24) is 9.80 Å². The van der Waals surface area contributed by atoms with Crippen LogP contribution in [0.1, 0.15) is 58.3 Å². The number of aliphatic carboxylic acids is 1. The third kappa shape index (κ3) is 3.42. The van der Waals surface area contributed by atoms with Gasteiger partial charge < -0.3 is 14.9 Å². The molecule has 2 heterocycles. The molecule has 3 fully saturated rings. The van der Waals surface area contributed by atoms with Gasteiger partial charge in [-0.15, -0.1) is 0 Å². The van der Waals surface area contributed by atoms with Crippen LogP contribution >= 0.6 is 0 Å². The highest BCUT2D eigenvalue weighted by Gasteiger charge is 2.42. The average molecular weight is 336 g/mol. The number of carboxylic acids is 1. The number of amides is 2. The Morgan fingerprint density at radius 2 is 1.79 bits per heavy atom. The molecule has 0 bridgehead atoms. The van der Waals surface area contributed by atoms with Gasteiger partial charge in [0.1, 0.15) is 6.04 Å². The number of piperidine rings is 1. The topological polar surface area (TPSA) is 77.9 Å². The molecule has 3 rings (SSSR count). The highest BCUT2D eigenvalue weighted by atomic mass is 16.4. The average Bonchev–Trinajstić information content (AvgIpc) is 2.96. The van der Waals surface area contributed by atoms with Gasteiger partial charge in [-0.25, -0.2) is 4.79 Å². The molecule has 6 nitrogen and oxygen atoms in total. The fraction of sp³-hybridized carbons (Fsp3) is 0.833. The van der Waals surface area contributed by atoms with Crippen LogP contribution in [0, 0.1) is 11.8 Å². The number of hydrogen-bond donors (Lipinski definition) is 1. The van der Waals surface area contributed by atoms with Crippen molar-refractivity contribution in [1.29, 1.82) is 0 Å². The Morgan fingerprint density at radius 3 is 2.46 bits per heavy atom. The molecule has 3 aliphatic rings. The molecule has 1 saturated carbocycles. The zero-order valence-electron chi connectivity index (χ0n) is 14.4. The van der Waals surface area contributed by atoms with Crippen LogP contribution in [0.15, 0.2) is 0 Å². The quantitative estimate of drug-likeness (QED) is 0.853. The normalized spacial score (nSPS) is 34.5. The lowest BCUT2D eigenvalue weighted by Gasteiger charge is -2.35. The molecule has 1 N–H and O–H groups in total. The van der Waals surface area contributed by atoms with Gasteiger partial charge in [0.2, 0.25) is 11.8 Å². The Kier molecular flexibility index (Phi) is 5.11. The van der Waals surface area contributed by atoms with E-state index in [2.05, 4.69) is 6.92 Å². The Labute approximate surface area is 143 Å². The van der Waals surface area contributed by atoms with Crippen molar-refractivity contribution in [3.05, 3.63) is 0 Å². The highest BCUT2D eigenvalue weighted by molar-refractivity contribution is 5.91. The van der Waals surface area contributed by atoms with Crippen LogP contribution < -0.4 is 0 Å². The lowest BCUT2D eigenvalue weighted by Crippen LogP contribution is -2.50. The molecule has 1 aliphatic carbocycles. The molecule has 2 amide bonds. The van der Waals surface area contributed by atoms with E-state index in [0.717, 1.165) is 44.4 Å². The van der Waals surface area contributed by atoms with E-state index in [1.54, 1.807) is 0 Å². The second-order valence-corrected chi connectivity index (χ2v) is 7.74. The smallest absolute Gasteiger partial charge is 0.326 e. The van der Waals surface area contributed by atoms with Gasteiger partial charge in [0, 0.05) is 25.6 Å². The highest BCUT2D eigenvalue weighted by Crippen LogP contribution is 2.32. The van der Waals surface area contributed by atoms with E-state index in [1.165, 1.54) is 4.90 Å². The van der Waals surface area contributed by atoms with Crippen molar-refractivity contribution in [2.24, 2.45) is 11.8 Å². The predicted octanol–water partition coefficient (Wildman–Crippen LogP) is 1.88. The summed E-state index contributed by atoms with van der Waals surface area (Å²) in [6.07, 6.45) is 6.78. The Bertz CT molecular complexity index is 513. The van der Waals surface area contributed by atoms with E-state index in [4.69, 9.17) is 0 Å². The summed E-state index contributed by atoms with van der Waals surface area (Å²) < 4.78 is 0. The van der Waals surface area contributed by atoms with E-state index in [0.29, 0.717) is 19.5 Å². The second kappa shape index (κ2) is 7.11. The van der Waals surface area contributed by atoms with E-state index in [-0.39, 0.29) is 30.2 Å². The Hall–Kier alpha value is -1.59. The summed E-state index contributed by atoms with van der Waals surface area (Å²) in [4.78, 5) is 40.1. The van der Waals surface area contributed by atoms with E-state index >= 15 is 0 Å². The second-order valence-electron chi connectivity index (χ2n) is 7.74. The lowest BCUT2D eigenvalue weighted by atomic mass is 9.86. The molecule has 24 heavy (non-hydrogen) atoms. The van der Waals surface area contributed by atoms with Crippen LogP contribution in [-0.2, 0) is 14.4 Å². The summed E-state index contributed by atoms with van der Waals surface area (Å²) in [6, 6.07) is -0.450. The van der Waals surface area contributed by atoms with Crippen LogP contribution in [0.3, 0.4) is 0 Å². The Morgan fingerprint density at radius 1 is 1.08 bits per heavy atom. The maximum atomic E-state index is 12.8. The predicted molar refractivity (Wildman–Crippen MR) is 88.2 cm³/mol. The number of hydrogen-bond acceptors (Lipinski definition) is 3. The molecule has 0 spiro atoms. The van der Waals surface area contributed by atoms with Crippen molar-refractivity contribution < 1.29 is 19.5 Å². The molecular weight excluding hydrogens is 308 g/mol. The maximum Gasteiger partial charge on any atom is 0.326 e. The molecule has 0 aromatic rings. The van der Waals surface area contributed by atoms with Gasteiger partial charge in [0.25, 0.3) is 0 Å². The van der Waals surface area contributed by atoms with Gasteiger partial charge in [-0.1, -0.05) is 6.92 Å². The third-order valence-electron chi connectivity index (χ3n) is 6.00. The van der Waals surface area contributed by atoms with Crippen LogP contribution in [-0.4, -0.2) is 57.9 Å². The fourth-order valence-electron chi connectivity index (χ4n) is 4.49. The minimum atomic E-state index is -0.925. The van der Waals surface area contributed by atoms with Gasteiger partial charge >= 0.3 is 5.97 Å². The van der Waals surface area contributed by atoms with E-state index < -0.39 is 12.0 Å². The molecule has 6 heteroatoms. The SMILES string of the molecule is CC1CCC(N2C[C@H](C(=O)N3CCCC[C@@H]3C(=O)O)CC2=O)CC1. The maximum absolute atomic E-state index is 12.8. The van der Waals surface area contributed by atoms with Gasteiger partial charge in [0.05, 0.1) is 5.92 Å². The standard InChI is InChI=1S/C18H28N2O4/c1-12-5-7-14(8-6-12)20-11-13(10-16(20)21)17(22)19-9-3-2-4-15(19)18(23)24/h12-15H,2-11H2,1H3,(H,23,24)/t12?,13-,14?,15-/m1/s1. The van der Waals surface area contributed by atoms with E-state index in [1.807, 2.05) is 4.90 Å². The van der Waals surface area contributed by atoms with Crippen LogP contribution in [0.25, 0.3) is 0 Å². The zero-order valence-corrected chi connectivity index (χ0v) is 14.4. The number of carbonyl (C=O) groups excluding carboxylic acids is 2. The summed E-state index contributed by atoms with van der Waals surface area (Å²) in [5, 5.41) is 9.36. The first-order chi connectivity index (χ1) is 11.5. The first-order valence-electron chi connectivity index (χ1n) is 9.30. The molecule has 0 unspecified atom stereocenters. The minimum absolute atomic E-state index is 0.0665. The molecular formula is C18H28N2O4. The molecule has 2 atom stereocenters. The third-order valence-corrected chi connectivity index (χ3v) is 6.00. The molecule has 134 valence electrons. The Balaban J connectivity index is 1.64. The minimum Gasteiger partial charge on any atom is -0.480 e. The van der Waals surface area contributed by atoms with Crippen molar-refractivity contribution in [3.8, 4) is 0 Å². The number of nitrogens with zero attached hydrogens (tertiary/aromatic N) is 2. The van der Waals surface area contributed by atoms with Crippen molar-refractivity contribution >= 4 is 17.8 Å². The van der Waals surface area contributed by atoms with Crippen molar-refractivity contribution in [2.75, 3.05) is 13.1 Å². The first kappa shape index (κ1) is 17.2. The number of likely N-dealkylation sites (tertiary alicyclic amines) is 2. The zero-order chi connectivity index (χ0) is 17.3. The molecule has 0 radical (unpaired) electrons. The van der Waals surface area contributed by atoms with Gasteiger partial charge in [-0.05, 0) is 50.9 Å². The fourth-order valence-corrected chi connectivity index (χ4v) is 4.49. The van der Waals surface area contributed by atoms with Gasteiger partial charge in [0.15, 0.2) is 0 Å². The monoisotopic (exact) mass is 336 g/mol.